The lowest BCUT2D eigenvalue weighted by atomic mass is 9.95. The monoisotopic (exact) mass is 311 g/mol. The van der Waals surface area contributed by atoms with Crippen molar-refractivity contribution < 1.29 is 4.79 Å². The molecule has 0 spiro atoms. The molecule has 1 saturated heterocycles. The van der Waals surface area contributed by atoms with Crippen molar-refractivity contribution in [2.75, 3.05) is 13.1 Å². The second kappa shape index (κ2) is 6.01. The van der Waals surface area contributed by atoms with Gasteiger partial charge in [-0.2, -0.15) is 0 Å². The van der Waals surface area contributed by atoms with Crippen LogP contribution in [-0.2, 0) is 0 Å². The molecule has 5 nitrogen and oxygen atoms in total. The lowest BCUT2D eigenvalue weighted by Crippen LogP contribution is -2.36. The molecule has 23 heavy (non-hydrogen) atoms. The number of amides is 1. The Balaban J connectivity index is 1.87. The first kappa shape index (κ1) is 15.5. The van der Waals surface area contributed by atoms with Crippen LogP contribution in [0, 0.1) is 13.8 Å². The van der Waals surface area contributed by atoms with E-state index >= 15 is 0 Å². The van der Waals surface area contributed by atoms with E-state index in [-0.39, 0.29) is 29.0 Å². The van der Waals surface area contributed by atoms with Gasteiger partial charge in [0.1, 0.15) is 5.56 Å². The molecule has 1 aromatic carbocycles. The third kappa shape index (κ3) is 2.92. The molecule has 0 aliphatic carbocycles. The van der Waals surface area contributed by atoms with Crippen LogP contribution in [0.5, 0.6) is 0 Å². The van der Waals surface area contributed by atoms with E-state index in [0.717, 1.165) is 11.3 Å². The van der Waals surface area contributed by atoms with Crippen LogP contribution in [-0.4, -0.2) is 34.9 Å². The standard InChI is InChI=1S/C18H21N3O2/c1-11-8-12(2)20-17(22)16(11)18(23)21-9-14(15(19)10-21)13-6-4-3-5-7-13/h3-8,14-15H,9-10,19H2,1-2H3,(H,20,22)/t14-,15+/m0/s1. The quantitative estimate of drug-likeness (QED) is 0.883. The molecular formula is C18H21N3O2. The molecule has 120 valence electrons. The Kier molecular flexibility index (Phi) is 4.05. The van der Waals surface area contributed by atoms with Gasteiger partial charge in [0.15, 0.2) is 0 Å². The summed E-state index contributed by atoms with van der Waals surface area (Å²) in [5.74, 6) is -0.136. The van der Waals surface area contributed by atoms with Gasteiger partial charge in [-0.25, -0.2) is 0 Å². The number of H-pyrrole nitrogens is 1. The van der Waals surface area contributed by atoms with Gasteiger partial charge in [0.05, 0.1) is 0 Å². The predicted molar refractivity (Wildman–Crippen MR) is 89.6 cm³/mol. The topological polar surface area (TPSA) is 79.2 Å². The first-order valence-electron chi connectivity index (χ1n) is 7.77. The molecule has 2 heterocycles. The van der Waals surface area contributed by atoms with Gasteiger partial charge in [-0.15, -0.1) is 0 Å². The Morgan fingerprint density at radius 2 is 1.91 bits per heavy atom. The van der Waals surface area contributed by atoms with Crippen LogP contribution in [0.4, 0.5) is 0 Å². The average molecular weight is 311 g/mol. The number of aromatic amines is 1. The van der Waals surface area contributed by atoms with Gasteiger partial charge in [0, 0.05) is 30.7 Å². The summed E-state index contributed by atoms with van der Waals surface area (Å²) >= 11 is 0. The lowest BCUT2D eigenvalue weighted by molar-refractivity contribution is 0.0786. The molecule has 1 aliphatic rings. The largest absolute Gasteiger partial charge is 0.336 e. The van der Waals surface area contributed by atoms with Crippen molar-refractivity contribution in [3.8, 4) is 0 Å². The van der Waals surface area contributed by atoms with Crippen molar-refractivity contribution in [2.45, 2.75) is 25.8 Å². The fraction of sp³-hybridized carbons (Fsp3) is 0.333. The molecule has 1 aromatic heterocycles. The predicted octanol–water partition coefficient (Wildman–Crippen LogP) is 1.56. The molecule has 0 radical (unpaired) electrons. The summed E-state index contributed by atoms with van der Waals surface area (Å²) in [7, 11) is 0. The highest BCUT2D eigenvalue weighted by Gasteiger charge is 2.35. The average Bonchev–Trinajstić information content (AvgIpc) is 2.89. The molecule has 0 unspecified atom stereocenters. The Morgan fingerprint density at radius 1 is 1.22 bits per heavy atom. The maximum absolute atomic E-state index is 12.8. The van der Waals surface area contributed by atoms with Crippen molar-refractivity contribution in [1.29, 1.82) is 0 Å². The number of hydrogen-bond donors (Lipinski definition) is 2. The maximum atomic E-state index is 12.8. The summed E-state index contributed by atoms with van der Waals surface area (Å²) < 4.78 is 0. The molecule has 5 heteroatoms. The van der Waals surface area contributed by atoms with Crippen molar-refractivity contribution in [2.24, 2.45) is 5.73 Å². The fourth-order valence-corrected chi connectivity index (χ4v) is 3.33. The van der Waals surface area contributed by atoms with E-state index in [2.05, 4.69) is 4.98 Å². The van der Waals surface area contributed by atoms with E-state index in [4.69, 9.17) is 5.73 Å². The highest BCUT2D eigenvalue weighted by Crippen LogP contribution is 2.27. The number of carbonyl (C=O) groups excluding carboxylic acids is 1. The lowest BCUT2D eigenvalue weighted by Gasteiger charge is -2.17. The number of rotatable bonds is 2. The van der Waals surface area contributed by atoms with Crippen LogP contribution in [0.15, 0.2) is 41.2 Å². The van der Waals surface area contributed by atoms with E-state index in [1.54, 1.807) is 18.7 Å². The molecule has 1 fully saturated rings. The number of carbonyl (C=O) groups is 1. The summed E-state index contributed by atoms with van der Waals surface area (Å²) in [4.78, 5) is 29.3. The first-order chi connectivity index (χ1) is 11.0. The van der Waals surface area contributed by atoms with Crippen molar-refractivity contribution in [3.05, 3.63) is 69.1 Å². The zero-order chi connectivity index (χ0) is 16.6. The minimum atomic E-state index is -0.329. The van der Waals surface area contributed by atoms with E-state index in [1.165, 1.54) is 0 Å². The van der Waals surface area contributed by atoms with Gasteiger partial charge < -0.3 is 15.6 Å². The zero-order valence-electron chi connectivity index (χ0n) is 13.4. The van der Waals surface area contributed by atoms with Gasteiger partial charge in [-0.1, -0.05) is 30.3 Å². The number of nitrogens with two attached hydrogens (primary N) is 1. The van der Waals surface area contributed by atoms with Gasteiger partial charge in [0.2, 0.25) is 0 Å². The van der Waals surface area contributed by atoms with Crippen molar-refractivity contribution >= 4 is 5.91 Å². The van der Waals surface area contributed by atoms with E-state index in [9.17, 15) is 9.59 Å². The second-order valence-electron chi connectivity index (χ2n) is 6.23. The summed E-state index contributed by atoms with van der Waals surface area (Å²) in [6.07, 6.45) is 0. The van der Waals surface area contributed by atoms with Crippen LogP contribution < -0.4 is 11.3 Å². The van der Waals surface area contributed by atoms with E-state index < -0.39 is 0 Å². The molecule has 0 bridgehead atoms. The number of benzene rings is 1. The van der Waals surface area contributed by atoms with Gasteiger partial charge >= 0.3 is 0 Å². The SMILES string of the molecule is Cc1cc(C)c(C(=O)N2C[C@@H](N)[C@H](c3ccccc3)C2)c(=O)[nH]1. The first-order valence-corrected chi connectivity index (χ1v) is 7.77. The van der Waals surface area contributed by atoms with E-state index in [0.29, 0.717) is 18.7 Å². The molecule has 1 amide bonds. The molecule has 1 aliphatic heterocycles. The number of likely N-dealkylation sites (tertiary alicyclic amines) is 1. The second-order valence-corrected chi connectivity index (χ2v) is 6.23. The van der Waals surface area contributed by atoms with Crippen LogP contribution in [0.1, 0.15) is 33.1 Å². The Bertz CT molecular complexity index is 783. The third-order valence-electron chi connectivity index (χ3n) is 4.46. The van der Waals surface area contributed by atoms with Gasteiger partial charge in [-0.3, -0.25) is 9.59 Å². The van der Waals surface area contributed by atoms with Crippen LogP contribution >= 0.6 is 0 Å². The van der Waals surface area contributed by atoms with Gasteiger partial charge in [-0.05, 0) is 31.0 Å². The zero-order valence-corrected chi connectivity index (χ0v) is 13.4. The summed E-state index contributed by atoms with van der Waals surface area (Å²) in [6.45, 7) is 4.60. The summed E-state index contributed by atoms with van der Waals surface area (Å²) in [5.41, 5.74) is 8.71. The smallest absolute Gasteiger partial charge is 0.261 e. The maximum Gasteiger partial charge on any atom is 0.261 e. The van der Waals surface area contributed by atoms with Gasteiger partial charge in [0.25, 0.3) is 11.5 Å². The highest BCUT2D eigenvalue weighted by atomic mass is 16.2. The molecule has 0 saturated carbocycles. The fourth-order valence-electron chi connectivity index (χ4n) is 3.33. The Labute approximate surface area is 135 Å². The number of hydrogen-bond acceptors (Lipinski definition) is 3. The molecule has 2 aromatic rings. The molecule has 3 rings (SSSR count). The van der Waals surface area contributed by atoms with Crippen molar-refractivity contribution in [3.63, 3.8) is 0 Å². The number of aromatic nitrogens is 1. The third-order valence-corrected chi connectivity index (χ3v) is 4.46. The van der Waals surface area contributed by atoms with Crippen LogP contribution in [0.25, 0.3) is 0 Å². The van der Waals surface area contributed by atoms with Crippen LogP contribution in [0.3, 0.4) is 0 Å². The Morgan fingerprint density at radius 3 is 2.57 bits per heavy atom. The molecule has 3 N–H and O–H groups in total. The summed E-state index contributed by atoms with van der Waals surface area (Å²) in [6, 6.07) is 11.7. The number of aryl methyl sites for hydroxylation is 2. The van der Waals surface area contributed by atoms with Crippen LogP contribution in [0.2, 0.25) is 0 Å². The molecular weight excluding hydrogens is 290 g/mol. The summed E-state index contributed by atoms with van der Waals surface area (Å²) in [5, 5.41) is 0. The minimum Gasteiger partial charge on any atom is -0.336 e. The highest BCUT2D eigenvalue weighted by molar-refractivity contribution is 5.95. The number of nitrogens with zero attached hydrogens (tertiary/aromatic N) is 1. The molecule has 2 atom stereocenters. The Hall–Kier alpha value is -2.40. The minimum absolute atomic E-state index is 0.102. The number of pyridine rings is 1. The van der Waals surface area contributed by atoms with E-state index in [1.807, 2.05) is 36.4 Å². The van der Waals surface area contributed by atoms with Crippen molar-refractivity contribution in [1.82, 2.24) is 9.88 Å². The normalized spacial score (nSPS) is 20.7. The number of nitrogens with one attached hydrogen (secondary N) is 1.